The minimum atomic E-state index is -0.913. The van der Waals surface area contributed by atoms with Crippen LogP contribution in [0.15, 0.2) is 18.2 Å². The lowest BCUT2D eigenvalue weighted by Gasteiger charge is -2.18. The van der Waals surface area contributed by atoms with Crippen molar-refractivity contribution in [3.63, 3.8) is 0 Å². The summed E-state index contributed by atoms with van der Waals surface area (Å²) in [6.07, 6.45) is 0. The first-order chi connectivity index (χ1) is 10.9. The van der Waals surface area contributed by atoms with Gasteiger partial charge < -0.3 is 19.3 Å². The summed E-state index contributed by atoms with van der Waals surface area (Å²) in [6.45, 7) is 4.07. The summed E-state index contributed by atoms with van der Waals surface area (Å²) in [7, 11) is 4.76. The summed E-state index contributed by atoms with van der Waals surface area (Å²) < 4.78 is 17.4. The standard InChI is InChI=1S/C16H23N3O4/c1-16(2,20)10-19-15(17-14(18-19)9-21-3)11-6-7-12(22-4)13(8-11)23-5/h6-8,20H,9-10H2,1-5H3. The summed E-state index contributed by atoms with van der Waals surface area (Å²) in [5, 5.41) is 14.5. The highest BCUT2D eigenvalue weighted by atomic mass is 16.5. The number of hydrogen-bond donors (Lipinski definition) is 1. The lowest BCUT2D eigenvalue weighted by atomic mass is 10.1. The van der Waals surface area contributed by atoms with Crippen molar-refractivity contribution >= 4 is 0 Å². The number of benzene rings is 1. The molecule has 1 aromatic carbocycles. The summed E-state index contributed by atoms with van der Waals surface area (Å²) in [6, 6.07) is 5.52. The van der Waals surface area contributed by atoms with Gasteiger partial charge in [0, 0.05) is 12.7 Å². The van der Waals surface area contributed by atoms with E-state index in [9.17, 15) is 5.11 Å². The van der Waals surface area contributed by atoms with Gasteiger partial charge in [0.2, 0.25) is 0 Å². The van der Waals surface area contributed by atoms with Gasteiger partial charge >= 0.3 is 0 Å². The smallest absolute Gasteiger partial charge is 0.176 e. The van der Waals surface area contributed by atoms with Crippen LogP contribution in [-0.4, -0.2) is 46.8 Å². The Morgan fingerprint density at radius 2 is 1.83 bits per heavy atom. The van der Waals surface area contributed by atoms with Gasteiger partial charge in [-0.1, -0.05) is 0 Å². The van der Waals surface area contributed by atoms with Crippen LogP contribution in [0.1, 0.15) is 19.7 Å². The second-order valence-corrected chi connectivity index (χ2v) is 5.82. The molecule has 0 aliphatic heterocycles. The highest BCUT2D eigenvalue weighted by molar-refractivity contribution is 5.61. The SMILES string of the molecule is COCc1nc(-c2ccc(OC)c(OC)c2)n(CC(C)(C)O)n1. The molecule has 0 spiro atoms. The fourth-order valence-corrected chi connectivity index (χ4v) is 2.24. The van der Waals surface area contributed by atoms with Crippen molar-refractivity contribution in [1.82, 2.24) is 14.8 Å². The molecule has 0 fully saturated rings. The Kier molecular flexibility index (Phi) is 5.23. The summed E-state index contributed by atoms with van der Waals surface area (Å²) in [5.74, 6) is 2.44. The molecule has 126 valence electrons. The Balaban J connectivity index is 2.48. The minimum Gasteiger partial charge on any atom is -0.493 e. The average Bonchev–Trinajstić information content (AvgIpc) is 2.87. The second kappa shape index (κ2) is 6.97. The van der Waals surface area contributed by atoms with E-state index in [0.29, 0.717) is 36.3 Å². The molecule has 0 aliphatic carbocycles. The van der Waals surface area contributed by atoms with Crippen LogP contribution in [0.3, 0.4) is 0 Å². The number of hydrogen-bond acceptors (Lipinski definition) is 6. The van der Waals surface area contributed by atoms with Gasteiger partial charge in [-0.05, 0) is 32.0 Å². The number of methoxy groups -OCH3 is 3. The zero-order chi connectivity index (χ0) is 17.0. The van der Waals surface area contributed by atoms with E-state index in [1.54, 1.807) is 39.9 Å². The lowest BCUT2D eigenvalue weighted by molar-refractivity contribution is 0.0578. The van der Waals surface area contributed by atoms with E-state index in [1.807, 2.05) is 18.2 Å². The van der Waals surface area contributed by atoms with E-state index >= 15 is 0 Å². The number of nitrogens with zero attached hydrogens (tertiary/aromatic N) is 3. The quantitative estimate of drug-likeness (QED) is 0.839. The molecule has 0 atom stereocenters. The number of ether oxygens (including phenoxy) is 3. The molecule has 7 nitrogen and oxygen atoms in total. The van der Waals surface area contributed by atoms with Crippen molar-refractivity contribution in [3.8, 4) is 22.9 Å². The van der Waals surface area contributed by atoms with Gasteiger partial charge in [-0.15, -0.1) is 0 Å². The van der Waals surface area contributed by atoms with E-state index in [4.69, 9.17) is 14.2 Å². The zero-order valence-electron chi connectivity index (χ0n) is 14.2. The van der Waals surface area contributed by atoms with Gasteiger partial charge in [-0.25, -0.2) is 9.67 Å². The van der Waals surface area contributed by atoms with Crippen LogP contribution in [0.4, 0.5) is 0 Å². The Morgan fingerprint density at radius 3 is 2.39 bits per heavy atom. The average molecular weight is 321 g/mol. The monoisotopic (exact) mass is 321 g/mol. The molecular weight excluding hydrogens is 298 g/mol. The van der Waals surface area contributed by atoms with Crippen LogP contribution in [-0.2, 0) is 17.9 Å². The van der Waals surface area contributed by atoms with E-state index in [-0.39, 0.29) is 0 Å². The van der Waals surface area contributed by atoms with E-state index in [0.717, 1.165) is 5.56 Å². The highest BCUT2D eigenvalue weighted by Gasteiger charge is 2.20. The third-order valence-corrected chi connectivity index (χ3v) is 3.17. The Hall–Kier alpha value is -2.12. The fourth-order valence-electron chi connectivity index (χ4n) is 2.24. The summed E-state index contributed by atoms with van der Waals surface area (Å²) >= 11 is 0. The van der Waals surface area contributed by atoms with Crippen molar-refractivity contribution in [2.45, 2.75) is 32.6 Å². The maximum Gasteiger partial charge on any atom is 0.176 e. The Bertz CT molecular complexity index is 662. The van der Waals surface area contributed by atoms with Crippen LogP contribution in [0.25, 0.3) is 11.4 Å². The van der Waals surface area contributed by atoms with Gasteiger partial charge in [0.05, 0.1) is 26.4 Å². The van der Waals surface area contributed by atoms with Crippen LogP contribution in [0.5, 0.6) is 11.5 Å². The van der Waals surface area contributed by atoms with Crippen molar-refractivity contribution in [2.75, 3.05) is 21.3 Å². The molecule has 23 heavy (non-hydrogen) atoms. The molecule has 0 radical (unpaired) electrons. The van der Waals surface area contributed by atoms with E-state index in [2.05, 4.69) is 10.1 Å². The van der Waals surface area contributed by atoms with E-state index < -0.39 is 5.60 Å². The van der Waals surface area contributed by atoms with E-state index in [1.165, 1.54) is 0 Å². The van der Waals surface area contributed by atoms with Crippen LogP contribution < -0.4 is 9.47 Å². The molecule has 0 saturated carbocycles. The lowest BCUT2D eigenvalue weighted by Crippen LogP contribution is -2.27. The van der Waals surface area contributed by atoms with Crippen LogP contribution in [0, 0.1) is 0 Å². The normalized spacial score (nSPS) is 11.6. The molecule has 1 heterocycles. The molecular formula is C16H23N3O4. The second-order valence-electron chi connectivity index (χ2n) is 5.82. The highest BCUT2D eigenvalue weighted by Crippen LogP contribution is 2.32. The molecule has 0 unspecified atom stereocenters. The molecule has 2 aromatic rings. The molecule has 7 heteroatoms. The maximum absolute atomic E-state index is 10.1. The summed E-state index contributed by atoms with van der Waals surface area (Å²) in [5.41, 5.74) is -0.0923. The first-order valence-corrected chi connectivity index (χ1v) is 7.25. The minimum absolute atomic E-state index is 0.305. The molecule has 0 aliphatic rings. The molecule has 0 bridgehead atoms. The van der Waals surface area contributed by atoms with Gasteiger partial charge in [-0.3, -0.25) is 0 Å². The predicted molar refractivity (Wildman–Crippen MR) is 85.6 cm³/mol. The molecule has 1 aromatic heterocycles. The number of aliphatic hydroxyl groups is 1. The van der Waals surface area contributed by atoms with Gasteiger partial charge in [-0.2, -0.15) is 5.10 Å². The third kappa shape index (κ3) is 4.20. The molecule has 1 N–H and O–H groups in total. The van der Waals surface area contributed by atoms with Crippen molar-refractivity contribution in [3.05, 3.63) is 24.0 Å². The zero-order valence-corrected chi connectivity index (χ0v) is 14.2. The van der Waals surface area contributed by atoms with Crippen LogP contribution in [0.2, 0.25) is 0 Å². The Morgan fingerprint density at radius 1 is 1.13 bits per heavy atom. The maximum atomic E-state index is 10.1. The number of aromatic nitrogens is 3. The first-order valence-electron chi connectivity index (χ1n) is 7.25. The predicted octanol–water partition coefficient (Wildman–Crippen LogP) is 1.88. The van der Waals surface area contributed by atoms with Crippen LogP contribution >= 0.6 is 0 Å². The first kappa shape index (κ1) is 17.2. The fraction of sp³-hybridized carbons (Fsp3) is 0.500. The topological polar surface area (TPSA) is 78.6 Å². The summed E-state index contributed by atoms with van der Waals surface area (Å²) in [4.78, 5) is 4.50. The van der Waals surface area contributed by atoms with Gasteiger partial charge in [0.1, 0.15) is 6.61 Å². The van der Waals surface area contributed by atoms with Crippen molar-refractivity contribution in [2.24, 2.45) is 0 Å². The number of rotatable bonds is 7. The van der Waals surface area contributed by atoms with Gasteiger partial charge in [0.25, 0.3) is 0 Å². The molecule has 0 saturated heterocycles. The van der Waals surface area contributed by atoms with Crippen molar-refractivity contribution < 1.29 is 19.3 Å². The van der Waals surface area contributed by atoms with Gasteiger partial charge in [0.15, 0.2) is 23.1 Å². The molecule has 0 amide bonds. The molecule has 2 rings (SSSR count). The largest absolute Gasteiger partial charge is 0.493 e. The van der Waals surface area contributed by atoms with Crippen molar-refractivity contribution in [1.29, 1.82) is 0 Å². The third-order valence-electron chi connectivity index (χ3n) is 3.17. The Labute approximate surface area is 135 Å².